The first-order chi connectivity index (χ1) is 15.5. The van der Waals surface area contributed by atoms with Crippen molar-refractivity contribution in [2.24, 2.45) is 5.41 Å². The molecular weight excluding hydrogens is 459 g/mol. The van der Waals surface area contributed by atoms with Gasteiger partial charge in [-0.15, -0.1) is 0 Å². The monoisotopic (exact) mass is 483 g/mol. The van der Waals surface area contributed by atoms with Crippen molar-refractivity contribution in [2.45, 2.75) is 63.1 Å². The largest absolute Gasteiger partial charge is 0.476 e. The van der Waals surface area contributed by atoms with E-state index in [1.807, 2.05) is 0 Å². The Hall–Kier alpha value is -2.76. The molecule has 33 heavy (non-hydrogen) atoms. The van der Waals surface area contributed by atoms with Crippen LogP contribution < -0.4 is 14.8 Å². The van der Waals surface area contributed by atoms with Crippen LogP contribution in [0.3, 0.4) is 0 Å². The number of anilines is 1. The predicted octanol–water partition coefficient (Wildman–Crippen LogP) is 3.96. The topological polar surface area (TPSA) is 109 Å². The summed E-state index contributed by atoms with van der Waals surface area (Å²) in [5.41, 5.74) is 3.17. The number of carbonyl (C=O) groups excluding carboxylic acids is 1. The molecule has 0 spiro atoms. The Morgan fingerprint density at radius 3 is 2.45 bits per heavy atom. The molecule has 1 aliphatic heterocycles. The van der Waals surface area contributed by atoms with Crippen LogP contribution >= 0.6 is 0 Å². The average molecular weight is 484 g/mol. The van der Waals surface area contributed by atoms with Gasteiger partial charge in [-0.1, -0.05) is 6.07 Å². The molecule has 2 amide bonds. The minimum Gasteiger partial charge on any atom is -0.476 e. The highest BCUT2D eigenvalue weighted by Gasteiger charge is 2.54. The summed E-state index contributed by atoms with van der Waals surface area (Å²) >= 11 is 0. The molecule has 2 aliphatic carbocycles. The summed E-state index contributed by atoms with van der Waals surface area (Å²) < 4.78 is 69.8. The Labute approximate surface area is 189 Å². The van der Waals surface area contributed by atoms with Crippen LogP contribution in [0.4, 0.5) is 23.7 Å². The maximum Gasteiger partial charge on any atom is 0.399 e. The van der Waals surface area contributed by atoms with Crippen molar-refractivity contribution < 1.29 is 26.9 Å². The summed E-state index contributed by atoms with van der Waals surface area (Å²) in [6.45, 7) is -0.215. The highest BCUT2D eigenvalue weighted by molar-refractivity contribution is 7.91. The zero-order valence-corrected chi connectivity index (χ0v) is 18.8. The molecule has 178 valence electrons. The lowest BCUT2D eigenvalue weighted by Crippen LogP contribution is -2.47. The second-order valence-corrected chi connectivity index (χ2v) is 10.9. The van der Waals surface area contributed by atoms with Crippen molar-refractivity contribution in [1.29, 1.82) is 4.78 Å². The third kappa shape index (κ3) is 3.64. The number of aryl methyl sites for hydroxylation is 2. The van der Waals surface area contributed by atoms with E-state index in [1.54, 1.807) is 0 Å². The molecule has 1 unspecified atom stereocenters. The van der Waals surface area contributed by atoms with Crippen LogP contribution in [-0.4, -0.2) is 32.8 Å². The number of carbonyl (C=O) groups is 1. The fourth-order valence-corrected chi connectivity index (χ4v) is 5.91. The summed E-state index contributed by atoms with van der Waals surface area (Å²) in [5, 5.41) is 6.65. The number of ether oxygens (including phenoxy) is 1. The van der Waals surface area contributed by atoms with Gasteiger partial charge in [-0.3, -0.25) is 0 Å². The van der Waals surface area contributed by atoms with E-state index in [2.05, 4.69) is 21.2 Å². The summed E-state index contributed by atoms with van der Waals surface area (Å²) in [7, 11) is -3.93. The van der Waals surface area contributed by atoms with E-state index in [0.29, 0.717) is 0 Å². The Morgan fingerprint density at radius 1 is 1.21 bits per heavy atom. The van der Waals surface area contributed by atoms with Gasteiger partial charge in [0.05, 0.1) is 12.7 Å². The lowest BCUT2D eigenvalue weighted by atomic mass is 9.90. The molecule has 2 aromatic rings. The maximum atomic E-state index is 13.3. The molecule has 0 saturated heterocycles. The normalized spacial score (nSPS) is 23.2. The fraction of sp³-hybridized carbons (Fsp3) is 0.524. The van der Waals surface area contributed by atoms with E-state index in [4.69, 9.17) is 9.52 Å². The maximum absolute atomic E-state index is 13.3. The SMILES string of the molecule is C[C@@]1(C(F)(F)F)COc2c(S(=N)(=O)NC(=O)Nc3c4c(cc5c3CCC5)CCC4)cnn2C1. The molecule has 8 nitrogen and oxygen atoms in total. The molecule has 1 aromatic heterocycles. The number of amides is 2. The molecule has 0 saturated carbocycles. The number of hydrogen-bond acceptors (Lipinski definition) is 5. The smallest absolute Gasteiger partial charge is 0.399 e. The van der Waals surface area contributed by atoms with Crippen molar-refractivity contribution >= 4 is 21.6 Å². The average Bonchev–Trinajstić information content (AvgIpc) is 3.45. The van der Waals surface area contributed by atoms with E-state index in [9.17, 15) is 22.2 Å². The molecular formula is C21H24F3N5O3S. The fourth-order valence-electron chi connectivity index (χ4n) is 4.88. The number of nitrogens with zero attached hydrogens (tertiary/aromatic N) is 2. The third-order valence-electron chi connectivity index (χ3n) is 6.73. The number of benzene rings is 1. The lowest BCUT2D eigenvalue weighted by Gasteiger charge is -2.35. The molecule has 0 fully saturated rings. The number of alkyl halides is 3. The van der Waals surface area contributed by atoms with Crippen molar-refractivity contribution in [1.82, 2.24) is 14.5 Å². The Kier molecular flexibility index (Phi) is 4.93. The lowest BCUT2D eigenvalue weighted by molar-refractivity contribution is -0.238. The van der Waals surface area contributed by atoms with E-state index in [0.717, 1.165) is 73.1 Å². The minimum atomic E-state index is -4.52. The zero-order valence-electron chi connectivity index (χ0n) is 18.0. The molecule has 0 radical (unpaired) electrons. The van der Waals surface area contributed by atoms with Crippen LogP contribution in [0.15, 0.2) is 17.2 Å². The van der Waals surface area contributed by atoms with Gasteiger partial charge < -0.3 is 10.1 Å². The van der Waals surface area contributed by atoms with Crippen molar-refractivity contribution in [2.75, 3.05) is 11.9 Å². The molecule has 12 heteroatoms. The molecule has 3 N–H and O–H groups in total. The number of hydrogen-bond donors (Lipinski definition) is 3. The molecule has 1 aromatic carbocycles. The standard InChI is InChI=1S/C21H24F3N5O3S/c1-20(21(22,23)24)10-29-18(32-11-20)16(9-26-29)33(25,31)28-19(30)27-17-14-6-2-4-12(14)8-13-5-3-7-15(13)17/h8-9H,2-7,10-11H2,1H3,(H3,25,27,28,30,31)/t20-,33?/m0/s1. The van der Waals surface area contributed by atoms with Gasteiger partial charge in [0.2, 0.25) is 5.88 Å². The number of nitrogens with one attached hydrogen (secondary N) is 3. The first-order valence-electron chi connectivity index (χ1n) is 10.8. The predicted molar refractivity (Wildman–Crippen MR) is 114 cm³/mol. The Balaban J connectivity index is 1.37. The van der Waals surface area contributed by atoms with Gasteiger partial charge in [0.15, 0.2) is 9.92 Å². The molecule has 2 heterocycles. The Morgan fingerprint density at radius 2 is 1.85 bits per heavy atom. The van der Waals surface area contributed by atoms with Crippen molar-refractivity contribution in [3.8, 4) is 5.88 Å². The van der Waals surface area contributed by atoms with Gasteiger partial charge in [0, 0.05) is 5.69 Å². The van der Waals surface area contributed by atoms with Crippen molar-refractivity contribution in [3.63, 3.8) is 0 Å². The summed E-state index contributed by atoms with van der Waals surface area (Å²) in [4.78, 5) is 12.5. The third-order valence-corrected chi connectivity index (χ3v) is 8.10. The Bertz CT molecular complexity index is 1220. The van der Waals surface area contributed by atoms with Gasteiger partial charge in [0.1, 0.15) is 16.9 Å². The van der Waals surface area contributed by atoms with Gasteiger partial charge in [-0.05, 0) is 67.7 Å². The number of rotatable bonds is 3. The molecule has 2 atom stereocenters. The van der Waals surface area contributed by atoms with Gasteiger partial charge in [-0.2, -0.15) is 18.3 Å². The highest BCUT2D eigenvalue weighted by atomic mass is 32.2. The summed E-state index contributed by atoms with van der Waals surface area (Å²) in [6, 6.07) is 1.41. The first kappa shape index (κ1) is 22.1. The van der Waals surface area contributed by atoms with E-state index in [-0.39, 0.29) is 10.8 Å². The van der Waals surface area contributed by atoms with E-state index >= 15 is 0 Å². The second kappa shape index (κ2) is 7.37. The number of urea groups is 1. The number of fused-ring (bicyclic) bond motifs is 3. The second-order valence-electron chi connectivity index (χ2n) is 9.17. The molecule has 3 aliphatic rings. The van der Waals surface area contributed by atoms with E-state index in [1.165, 1.54) is 11.1 Å². The summed E-state index contributed by atoms with van der Waals surface area (Å²) in [6.07, 6.45) is 2.09. The van der Waals surface area contributed by atoms with Crippen LogP contribution in [0.25, 0.3) is 0 Å². The van der Waals surface area contributed by atoms with Crippen LogP contribution in [-0.2, 0) is 42.1 Å². The van der Waals surface area contributed by atoms with Gasteiger partial charge >= 0.3 is 12.2 Å². The van der Waals surface area contributed by atoms with Crippen LogP contribution in [0.2, 0.25) is 0 Å². The first-order valence-corrected chi connectivity index (χ1v) is 12.3. The van der Waals surface area contributed by atoms with Gasteiger partial charge in [0.25, 0.3) is 0 Å². The highest BCUT2D eigenvalue weighted by Crippen LogP contribution is 2.44. The van der Waals surface area contributed by atoms with Crippen molar-refractivity contribution in [3.05, 3.63) is 34.5 Å². The minimum absolute atomic E-state index is 0.196. The van der Waals surface area contributed by atoms with Crippen LogP contribution in [0.5, 0.6) is 5.88 Å². The van der Waals surface area contributed by atoms with Gasteiger partial charge in [-0.25, -0.2) is 23.2 Å². The summed E-state index contributed by atoms with van der Waals surface area (Å²) in [5.74, 6) is -0.196. The van der Waals surface area contributed by atoms with Crippen LogP contribution in [0, 0.1) is 10.2 Å². The van der Waals surface area contributed by atoms with Crippen LogP contribution in [0.1, 0.15) is 42.0 Å². The zero-order chi connectivity index (χ0) is 23.6. The number of halogens is 3. The van der Waals surface area contributed by atoms with E-state index < -0.39 is 40.7 Å². The molecule has 5 rings (SSSR count). The molecule has 0 bridgehead atoms. The number of aromatic nitrogens is 2. The quantitative estimate of drug-likeness (QED) is 0.614.